The molecule has 0 saturated carbocycles. The highest BCUT2D eigenvalue weighted by atomic mass is 79.9. The highest BCUT2D eigenvalue weighted by molar-refractivity contribution is 9.10. The summed E-state index contributed by atoms with van der Waals surface area (Å²) in [5.74, 6) is 0.0197. The van der Waals surface area contributed by atoms with E-state index >= 15 is 0 Å². The largest absolute Gasteiger partial charge is 0.342 e. The van der Waals surface area contributed by atoms with Crippen LogP contribution in [-0.2, 0) is 11.3 Å². The van der Waals surface area contributed by atoms with Crippen molar-refractivity contribution in [1.82, 2.24) is 9.47 Å². The van der Waals surface area contributed by atoms with E-state index in [2.05, 4.69) is 76.1 Å². The van der Waals surface area contributed by atoms with E-state index in [-0.39, 0.29) is 5.91 Å². The summed E-state index contributed by atoms with van der Waals surface area (Å²) >= 11 is 4.96. The van der Waals surface area contributed by atoms with E-state index in [1.165, 1.54) is 17.3 Å². The van der Waals surface area contributed by atoms with Gasteiger partial charge in [-0.2, -0.15) is 0 Å². The fourth-order valence-electron chi connectivity index (χ4n) is 4.07. The van der Waals surface area contributed by atoms with E-state index in [0.29, 0.717) is 11.4 Å². The molecule has 5 rings (SSSR count). The van der Waals surface area contributed by atoms with E-state index in [1.807, 2.05) is 42.5 Å². The van der Waals surface area contributed by atoms with Gasteiger partial charge in [0.05, 0.1) is 10.6 Å². The number of para-hydroxylation sites is 2. The molecular formula is C28H24BrN3OS. The highest BCUT2D eigenvalue weighted by Crippen LogP contribution is 2.36. The van der Waals surface area contributed by atoms with E-state index < -0.39 is 0 Å². The zero-order valence-electron chi connectivity index (χ0n) is 18.8. The van der Waals surface area contributed by atoms with Crippen LogP contribution >= 0.6 is 27.7 Å². The van der Waals surface area contributed by atoms with Gasteiger partial charge in [-0.05, 0) is 60.2 Å². The van der Waals surface area contributed by atoms with Crippen molar-refractivity contribution >= 4 is 61.4 Å². The number of rotatable bonds is 6. The van der Waals surface area contributed by atoms with Crippen molar-refractivity contribution in [2.24, 2.45) is 4.99 Å². The number of aliphatic imine (C=N–C) groups is 1. The number of nitrogens with zero attached hydrogens (tertiary/aromatic N) is 3. The van der Waals surface area contributed by atoms with Gasteiger partial charge in [-0.3, -0.25) is 9.69 Å². The maximum atomic E-state index is 13.3. The summed E-state index contributed by atoms with van der Waals surface area (Å²) in [5.41, 5.74) is 4.27. The molecule has 0 unspecified atom stereocenters. The Morgan fingerprint density at radius 3 is 2.47 bits per heavy atom. The molecule has 0 spiro atoms. The van der Waals surface area contributed by atoms with E-state index in [0.717, 1.165) is 44.8 Å². The second-order valence-corrected chi connectivity index (χ2v) is 10.1. The van der Waals surface area contributed by atoms with Crippen molar-refractivity contribution in [2.75, 3.05) is 6.54 Å². The maximum Gasteiger partial charge on any atom is 0.266 e. The molecule has 0 bridgehead atoms. The molecule has 3 aromatic carbocycles. The summed E-state index contributed by atoms with van der Waals surface area (Å²) in [6, 6.07) is 26.5. The number of amidine groups is 1. The summed E-state index contributed by atoms with van der Waals surface area (Å²) in [5, 5.41) is 1.87. The van der Waals surface area contributed by atoms with Gasteiger partial charge in [-0.15, -0.1) is 0 Å². The summed E-state index contributed by atoms with van der Waals surface area (Å²) < 4.78 is 3.32. The monoisotopic (exact) mass is 529 g/mol. The molecule has 1 amide bonds. The fraction of sp³-hybridized carbons (Fsp3) is 0.143. The van der Waals surface area contributed by atoms with Gasteiger partial charge in [0.2, 0.25) is 0 Å². The van der Waals surface area contributed by atoms with Crippen molar-refractivity contribution in [3.63, 3.8) is 0 Å². The quantitative estimate of drug-likeness (QED) is 0.243. The molecule has 4 nitrogen and oxygen atoms in total. The summed E-state index contributed by atoms with van der Waals surface area (Å²) in [7, 11) is 0. The SMILES string of the molecule is CCCN1C(=O)/C(=C\c2cn(Cc3ccc(Br)cc3)c3ccccc23)SC1=Nc1ccccc1. The van der Waals surface area contributed by atoms with E-state index in [1.54, 1.807) is 4.90 Å². The average Bonchev–Trinajstić information content (AvgIpc) is 3.34. The van der Waals surface area contributed by atoms with Crippen molar-refractivity contribution in [2.45, 2.75) is 19.9 Å². The highest BCUT2D eigenvalue weighted by Gasteiger charge is 2.33. The third-order valence-electron chi connectivity index (χ3n) is 5.69. The molecule has 1 fully saturated rings. The molecule has 2 heterocycles. The van der Waals surface area contributed by atoms with Crippen LogP contribution in [-0.4, -0.2) is 27.1 Å². The van der Waals surface area contributed by atoms with E-state index in [4.69, 9.17) is 4.99 Å². The number of carbonyl (C=O) groups excluding carboxylic acids is 1. The van der Waals surface area contributed by atoms with Crippen LogP contribution in [0.25, 0.3) is 17.0 Å². The Hall–Kier alpha value is -3.09. The zero-order valence-corrected chi connectivity index (χ0v) is 21.2. The van der Waals surface area contributed by atoms with Crippen molar-refractivity contribution < 1.29 is 4.79 Å². The summed E-state index contributed by atoms with van der Waals surface area (Å²) in [4.78, 5) is 20.6. The minimum Gasteiger partial charge on any atom is -0.342 e. The lowest BCUT2D eigenvalue weighted by Gasteiger charge is -2.13. The third kappa shape index (κ3) is 4.74. The Morgan fingerprint density at radius 2 is 1.71 bits per heavy atom. The molecule has 0 aliphatic carbocycles. The van der Waals surface area contributed by atoms with E-state index in [9.17, 15) is 4.79 Å². The topological polar surface area (TPSA) is 37.6 Å². The molecule has 1 aromatic heterocycles. The predicted molar refractivity (Wildman–Crippen MR) is 146 cm³/mol. The first kappa shape index (κ1) is 22.7. The smallest absolute Gasteiger partial charge is 0.266 e. The van der Waals surface area contributed by atoms with Crippen LogP contribution in [0.1, 0.15) is 24.5 Å². The Balaban J connectivity index is 1.52. The fourth-order valence-corrected chi connectivity index (χ4v) is 5.35. The average molecular weight is 530 g/mol. The third-order valence-corrected chi connectivity index (χ3v) is 7.22. The molecule has 1 aliphatic rings. The van der Waals surface area contributed by atoms with Gasteiger partial charge in [-0.25, -0.2) is 4.99 Å². The van der Waals surface area contributed by atoms with Crippen molar-refractivity contribution in [3.8, 4) is 0 Å². The predicted octanol–water partition coefficient (Wildman–Crippen LogP) is 7.47. The molecule has 0 N–H and O–H groups in total. The number of hydrogen-bond acceptors (Lipinski definition) is 3. The summed E-state index contributed by atoms with van der Waals surface area (Å²) in [6.07, 6.45) is 5.04. The minimum atomic E-state index is 0.0197. The molecule has 0 atom stereocenters. The van der Waals surface area contributed by atoms with Gasteiger partial charge < -0.3 is 4.57 Å². The molecule has 0 radical (unpaired) electrons. The molecule has 4 aromatic rings. The lowest BCUT2D eigenvalue weighted by atomic mass is 10.1. The molecule has 170 valence electrons. The van der Waals surface area contributed by atoms with Gasteiger partial charge in [-0.1, -0.05) is 71.4 Å². The molecule has 6 heteroatoms. The lowest BCUT2D eigenvalue weighted by molar-refractivity contribution is -0.122. The number of hydrogen-bond donors (Lipinski definition) is 0. The molecule has 1 aliphatic heterocycles. The minimum absolute atomic E-state index is 0.0197. The normalized spacial score (nSPS) is 16.3. The van der Waals surface area contributed by atoms with Gasteiger partial charge in [0.25, 0.3) is 5.91 Å². The molecule has 34 heavy (non-hydrogen) atoms. The lowest BCUT2D eigenvalue weighted by Crippen LogP contribution is -2.29. The van der Waals surface area contributed by atoms with Crippen LogP contribution in [0.5, 0.6) is 0 Å². The second-order valence-electron chi connectivity index (χ2n) is 8.15. The first-order chi connectivity index (χ1) is 16.6. The van der Waals surface area contributed by atoms with Crippen LogP contribution in [0.15, 0.2) is 99.4 Å². The van der Waals surface area contributed by atoms with Crippen molar-refractivity contribution in [3.05, 3.63) is 106 Å². The molecular weight excluding hydrogens is 506 g/mol. The Kier molecular flexibility index (Phi) is 6.70. The number of amides is 1. The molecule has 1 saturated heterocycles. The Bertz CT molecular complexity index is 1390. The maximum absolute atomic E-state index is 13.3. The van der Waals surface area contributed by atoms with Crippen LogP contribution in [0.3, 0.4) is 0 Å². The van der Waals surface area contributed by atoms with Crippen molar-refractivity contribution in [1.29, 1.82) is 0 Å². The second kappa shape index (κ2) is 10.0. The number of aromatic nitrogens is 1. The summed E-state index contributed by atoms with van der Waals surface area (Å²) in [6.45, 7) is 3.50. The zero-order chi connectivity index (χ0) is 23.5. The first-order valence-electron chi connectivity index (χ1n) is 11.3. The number of fused-ring (bicyclic) bond motifs is 1. The van der Waals surface area contributed by atoms with Gasteiger partial charge in [0.1, 0.15) is 0 Å². The van der Waals surface area contributed by atoms with Gasteiger partial charge >= 0.3 is 0 Å². The first-order valence-corrected chi connectivity index (χ1v) is 12.9. The van der Waals surface area contributed by atoms with Gasteiger partial charge in [0, 0.05) is 40.2 Å². The number of thioether (sulfide) groups is 1. The number of carbonyl (C=O) groups is 1. The Labute approximate surface area is 212 Å². The number of benzene rings is 3. The Morgan fingerprint density at radius 1 is 0.971 bits per heavy atom. The van der Waals surface area contributed by atoms with Gasteiger partial charge in [0.15, 0.2) is 5.17 Å². The van der Waals surface area contributed by atoms with Crippen LogP contribution in [0, 0.1) is 0 Å². The number of halogens is 1. The van der Waals surface area contributed by atoms with Crippen LogP contribution < -0.4 is 0 Å². The standard InChI is InChI=1S/C28H24BrN3OS/c1-2-16-32-27(33)26(34-28(32)30-23-8-4-3-5-9-23)17-21-19-31(25-11-7-6-10-24(21)25)18-20-12-14-22(29)15-13-20/h3-15,17,19H,2,16,18H2,1H3/b26-17+,30-28?. The van der Waals surface area contributed by atoms with Crippen LogP contribution in [0.4, 0.5) is 5.69 Å². The van der Waals surface area contributed by atoms with Crippen LogP contribution in [0.2, 0.25) is 0 Å².